The van der Waals surface area contributed by atoms with Gasteiger partial charge in [0.25, 0.3) is 0 Å². The number of benzene rings is 10. The largest absolute Gasteiger partial charge is 0.521 e. The van der Waals surface area contributed by atoms with Gasteiger partial charge in [-0.2, -0.15) is 0 Å². The summed E-state index contributed by atoms with van der Waals surface area (Å²) in [6.45, 7) is 6.17. The first-order valence-electron chi connectivity index (χ1n) is 31.8. The molecular weight excluding hydrogens is 1370 g/mol. The fourth-order valence-corrected chi connectivity index (χ4v) is 68.6. The van der Waals surface area contributed by atoms with Crippen LogP contribution >= 0.6 is 12.0 Å². The third kappa shape index (κ3) is 11.8. The zero-order valence-electron chi connectivity index (χ0n) is 52.4. The van der Waals surface area contributed by atoms with Crippen LogP contribution in [-0.4, -0.2) is 100 Å². The second-order valence-corrected chi connectivity index (χ2v) is 54.6. The van der Waals surface area contributed by atoms with Gasteiger partial charge in [-0.05, 0) is 108 Å². The summed E-state index contributed by atoms with van der Waals surface area (Å²) in [5.74, 6) is 0.292. The van der Waals surface area contributed by atoms with Gasteiger partial charge in [-0.3, -0.25) is 0 Å². The zero-order valence-corrected chi connectivity index (χ0v) is 62.3. The number of hydrogen-bond acceptors (Lipinski definition) is 16. The molecule has 5 aliphatic heterocycles. The molecule has 5 aliphatic rings. The molecule has 15 nitrogen and oxygen atoms in total. The second kappa shape index (κ2) is 25.8. The Morgan fingerprint density at radius 3 is 1.32 bits per heavy atom. The van der Waals surface area contributed by atoms with Gasteiger partial charge in [0, 0.05) is 37.7 Å². The summed E-state index contributed by atoms with van der Waals surface area (Å²) < 4.78 is 112. The number of hydrogen-bond donors (Lipinski definition) is 2. The molecule has 0 aliphatic carbocycles. The fourth-order valence-electron chi connectivity index (χ4n) is 13.5. The van der Waals surface area contributed by atoms with Crippen LogP contribution in [-0.2, 0) is 71.9 Å². The molecule has 10 aromatic rings. The van der Waals surface area contributed by atoms with E-state index in [1.54, 1.807) is 24.3 Å². The highest BCUT2D eigenvalue weighted by molar-refractivity contribution is 7.95. The molecule has 0 aromatic heterocycles. The lowest BCUT2D eigenvalue weighted by Gasteiger charge is -2.52. The Labute approximate surface area is 567 Å². The normalized spacial score (nSPS) is 31.8. The van der Waals surface area contributed by atoms with Crippen LogP contribution in [0, 0.1) is 0 Å². The summed E-state index contributed by atoms with van der Waals surface area (Å²) in [7, 11) is -42.7. The van der Waals surface area contributed by atoms with Crippen molar-refractivity contribution in [2.75, 3.05) is 6.23 Å². The summed E-state index contributed by atoms with van der Waals surface area (Å²) >= 11 is 1.19. The predicted octanol–water partition coefficient (Wildman–Crippen LogP) is 9.98. The molecule has 0 amide bonds. The van der Waals surface area contributed by atoms with Gasteiger partial charge in [-0.25, -0.2) is 0 Å². The molecule has 6 bridgehead atoms. The molecule has 2 N–H and O–H groups in total. The molecule has 10 aromatic carbocycles. The minimum absolute atomic E-state index is 0.146. The fraction of sp³-hybridized carbons (Fsp3) is 0.143. The van der Waals surface area contributed by atoms with E-state index in [9.17, 15) is 10.2 Å². The summed E-state index contributed by atoms with van der Waals surface area (Å²) in [5, 5.41) is 25.2. The lowest BCUT2D eigenvalue weighted by Crippen LogP contribution is -2.83. The van der Waals surface area contributed by atoms with Gasteiger partial charge in [0.2, 0.25) is 0 Å². The van der Waals surface area contributed by atoms with E-state index < -0.39 is 88.6 Å². The minimum atomic E-state index is -5.16. The van der Waals surface area contributed by atoms with Crippen molar-refractivity contribution >= 4 is 121 Å². The molecule has 482 valence electrons. The van der Waals surface area contributed by atoms with Crippen LogP contribution < -0.4 is 31.1 Å². The van der Waals surface area contributed by atoms with E-state index in [2.05, 4.69) is 25.2 Å². The first-order valence-corrected chi connectivity index (χ1v) is 50.3. The van der Waals surface area contributed by atoms with Crippen LogP contribution in [0.5, 0.6) is 11.5 Å². The van der Waals surface area contributed by atoms with Crippen molar-refractivity contribution in [2.45, 2.75) is 60.4 Å². The zero-order chi connectivity index (χ0) is 64.9. The smallest absolute Gasteiger partial charge is 0.508 e. The molecule has 5 fully saturated rings. The quantitative estimate of drug-likeness (QED) is 0.0694. The van der Waals surface area contributed by atoms with Crippen molar-refractivity contribution in [3.63, 3.8) is 0 Å². The molecular formula is C70H70O15SSi9. The molecule has 0 radical (unpaired) electrons. The van der Waals surface area contributed by atoms with Crippen LogP contribution in [0.15, 0.2) is 296 Å². The third-order valence-electron chi connectivity index (χ3n) is 18.1. The van der Waals surface area contributed by atoms with E-state index in [4.69, 9.17) is 54.2 Å². The monoisotopic (exact) mass is 1430 g/mol. The molecule has 15 rings (SSSR count). The van der Waals surface area contributed by atoms with Crippen LogP contribution in [0.25, 0.3) is 0 Å². The summed E-state index contributed by atoms with van der Waals surface area (Å²) in [6.07, 6.45) is 0.544. The van der Waals surface area contributed by atoms with Crippen molar-refractivity contribution in [2.24, 2.45) is 0 Å². The third-order valence-corrected chi connectivity index (χ3v) is 60.6. The number of phenols is 2. The number of aromatic hydroxyl groups is 2. The molecule has 11 atom stereocenters. The summed E-state index contributed by atoms with van der Waals surface area (Å²) in [5.41, 5.74) is 1.50. The molecule has 10 unspecified atom stereocenters. The molecule has 5 heterocycles. The highest BCUT2D eigenvalue weighted by Gasteiger charge is 2.90. The lowest BCUT2D eigenvalue weighted by molar-refractivity contribution is 0.105. The molecule has 25 heteroatoms. The van der Waals surface area contributed by atoms with E-state index in [1.165, 1.54) is 12.0 Å². The number of fused-ring (bicyclic) bond motifs is 5. The Kier molecular flexibility index (Phi) is 17.5. The molecule has 5 saturated heterocycles. The van der Waals surface area contributed by atoms with Crippen LogP contribution in [0.2, 0.25) is 25.2 Å². The first-order chi connectivity index (χ1) is 46.2. The first kappa shape index (κ1) is 64.6. The van der Waals surface area contributed by atoms with E-state index in [0.717, 1.165) is 21.2 Å². The van der Waals surface area contributed by atoms with Gasteiger partial charge in [-0.15, -0.1) is 0 Å². The van der Waals surface area contributed by atoms with Crippen molar-refractivity contribution < 1.29 is 64.4 Å². The Morgan fingerprint density at radius 1 is 0.400 bits per heavy atom. The second-order valence-electron chi connectivity index (χ2n) is 24.7. The average Bonchev–Trinajstić information content (AvgIpc) is 1.50. The Hall–Kier alpha value is -6.42. The maximum absolute atomic E-state index is 10.7. The standard InChI is InChI=1S/C70H70O15SSi9/c1-57-74-93(67-38-22-9-23-39-67)79-88(3,55-53-59-46-50-62(72)51-47-59)80-94(68-40-24-10-25-41-68)75-70(60-28-12-4-13-29-60)89(81-94)56-73-92(66-36-20-8-21-37-66,84-91(70,65-34-18-7-19-35-65)76-86-63-30-14-5-15-31-63)78-87(2,54-52-58-44-48-61(71)49-45-58)77-90(57,64-32-16-6-17-33-64)83-95(82-89,85-93)69-42-26-11-27-43-69/h4-51,57,71-72H,52-56H2,1-3H3/t57-,70?,87?,88?,89?,90?,91?,92?,93?,94?,95?/m1/s1. The highest BCUT2D eigenvalue weighted by atomic mass is 32.2. The van der Waals surface area contributed by atoms with Crippen LogP contribution in [0.4, 0.5) is 0 Å². The van der Waals surface area contributed by atoms with Crippen LogP contribution in [0.1, 0.15) is 23.6 Å². The number of phenolic OH excluding ortho intramolecular Hbond substituents is 2. The SMILES string of the molecule is C[C@@H]1O[Si]2(c3ccccc3)O[Si](C)(CCc3ccc(O)cc3)O[Si]3(c4ccccc4)OC4(c5ccccc5)[Si]5(CO[Si](c6ccccc6)(O[Si](C)(CCc6ccc(O)cc6)O[Si]1(c1ccccc1)O[Si](c1ccccc1)(O2)O5)O[Si]4(OSc1ccccc1)c1ccccc1)O3. The highest BCUT2D eigenvalue weighted by Crippen LogP contribution is 2.59. The summed E-state index contributed by atoms with van der Waals surface area (Å²) in [6, 6.07) is 95.0. The maximum atomic E-state index is 10.7. The van der Waals surface area contributed by atoms with E-state index >= 15 is 0 Å². The predicted molar refractivity (Wildman–Crippen MR) is 382 cm³/mol. The van der Waals surface area contributed by atoms with E-state index in [-0.39, 0.29) is 17.7 Å². The number of aryl methyl sites for hydroxylation is 2. The molecule has 95 heavy (non-hydrogen) atoms. The number of rotatable bonds is 16. The van der Waals surface area contributed by atoms with Gasteiger partial charge >= 0.3 is 78.0 Å². The lowest BCUT2D eigenvalue weighted by atomic mass is 10.2. The van der Waals surface area contributed by atoms with Gasteiger partial charge in [-0.1, -0.05) is 255 Å². The Morgan fingerprint density at radius 2 is 0.800 bits per heavy atom. The van der Waals surface area contributed by atoms with Crippen LogP contribution in [0.3, 0.4) is 0 Å². The average molecular weight is 1440 g/mol. The van der Waals surface area contributed by atoms with Gasteiger partial charge in [0.05, 0.1) is 12.0 Å². The molecule has 0 saturated carbocycles. The van der Waals surface area contributed by atoms with Crippen molar-refractivity contribution in [3.8, 4) is 11.5 Å². The van der Waals surface area contributed by atoms with Gasteiger partial charge < -0.3 is 64.4 Å². The van der Waals surface area contributed by atoms with E-state index in [0.29, 0.717) is 56.4 Å². The van der Waals surface area contributed by atoms with Crippen molar-refractivity contribution in [3.05, 3.63) is 308 Å². The molecule has 1 spiro atoms. The Balaban J connectivity index is 1.15. The van der Waals surface area contributed by atoms with Crippen molar-refractivity contribution in [1.82, 2.24) is 0 Å². The van der Waals surface area contributed by atoms with Gasteiger partial charge in [0.1, 0.15) is 11.5 Å². The van der Waals surface area contributed by atoms with E-state index in [1.807, 2.05) is 262 Å². The Bertz CT molecular complexity index is 4280. The van der Waals surface area contributed by atoms with Crippen molar-refractivity contribution in [1.29, 1.82) is 0 Å². The minimum Gasteiger partial charge on any atom is -0.508 e. The topological polar surface area (TPSA) is 160 Å². The summed E-state index contributed by atoms with van der Waals surface area (Å²) in [4.78, 5) is -1.21. The maximum Gasteiger partial charge on any atom is 0.521 e. The van der Waals surface area contributed by atoms with Gasteiger partial charge in [0.15, 0.2) is 4.85 Å².